The molecule has 0 saturated heterocycles. The number of hydrogen-bond donors (Lipinski definition) is 1. The van der Waals surface area contributed by atoms with Crippen LogP contribution in [0, 0.1) is 11.3 Å². The van der Waals surface area contributed by atoms with Gasteiger partial charge in [-0.25, -0.2) is 0 Å². The zero-order chi connectivity index (χ0) is 12.7. The topological polar surface area (TPSA) is 38.0 Å². The minimum atomic E-state index is -0.550. The molecule has 1 saturated carbocycles. The largest absolute Gasteiger partial charge is 0.389 e. The van der Waals surface area contributed by atoms with E-state index >= 15 is 0 Å². The smallest absolute Gasteiger partial charge is 0.0719 e. The van der Waals surface area contributed by atoms with Gasteiger partial charge in [0.2, 0.25) is 0 Å². The van der Waals surface area contributed by atoms with Crippen LogP contribution in [0.2, 0.25) is 0 Å². The third-order valence-corrected chi connectivity index (χ3v) is 4.08. The number of hydrogen-bond acceptors (Lipinski definition) is 2. The fourth-order valence-electron chi connectivity index (χ4n) is 3.35. The molecule has 2 unspecified atom stereocenters. The average molecular weight is 236 g/mol. The molecule has 1 aliphatic rings. The second kappa shape index (κ2) is 4.13. The highest BCUT2D eigenvalue weighted by molar-refractivity contribution is 5.12. The van der Waals surface area contributed by atoms with E-state index in [0.29, 0.717) is 5.92 Å². The molecule has 3 heteroatoms. The minimum absolute atomic E-state index is 0.259. The Balaban J connectivity index is 2.12. The van der Waals surface area contributed by atoms with Crippen LogP contribution >= 0.6 is 0 Å². The predicted octanol–water partition coefficient (Wildman–Crippen LogP) is 2.63. The Hall–Kier alpha value is -0.830. The Kier molecular flexibility index (Phi) is 3.06. The molecule has 1 heterocycles. The van der Waals surface area contributed by atoms with Crippen molar-refractivity contribution in [2.24, 2.45) is 11.3 Å². The maximum atomic E-state index is 10.8. The van der Waals surface area contributed by atoms with E-state index in [9.17, 15) is 5.11 Å². The third kappa shape index (κ3) is 2.54. The molecule has 1 fully saturated rings. The summed E-state index contributed by atoms with van der Waals surface area (Å²) in [6.07, 6.45) is 6.66. The van der Waals surface area contributed by atoms with Crippen molar-refractivity contribution in [3.8, 4) is 0 Å². The summed E-state index contributed by atoms with van der Waals surface area (Å²) in [6, 6.07) is 0. The summed E-state index contributed by atoms with van der Waals surface area (Å²) in [5, 5.41) is 15.1. The molecule has 0 bridgehead atoms. The van der Waals surface area contributed by atoms with Gasteiger partial charge in [-0.2, -0.15) is 5.10 Å². The van der Waals surface area contributed by atoms with Crippen LogP contribution in [-0.2, 0) is 13.0 Å². The first-order valence-corrected chi connectivity index (χ1v) is 6.58. The summed E-state index contributed by atoms with van der Waals surface area (Å²) < 4.78 is 1.92. The Morgan fingerprint density at radius 1 is 1.53 bits per heavy atom. The number of aliphatic hydroxyl groups is 1. The first kappa shape index (κ1) is 12.6. The third-order valence-electron chi connectivity index (χ3n) is 4.08. The van der Waals surface area contributed by atoms with Crippen LogP contribution < -0.4 is 0 Å². The maximum Gasteiger partial charge on any atom is 0.0719 e. The lowest BCUT2D eigenvalue weighted by Crippen LogP contribution is -2.34. The number of aromatic nitrogens is 2. The van der Waals surface area contributed by atoms with Crippen molar-refractivity contribution in [3.05, 3.63) is 18.0 Å². The van der Waals surface area contributed by atoms with Gasteiger partial charge in [0.15, 0.2) is 0 Å². The lowest BCUT2D eigenvalue weighted by molar-refractivity contribution is 0.00444. The molecule has 2 rings (SSSR count). The highest BCUT2D eigenvalue weighted by Gasteiger charge is 2.47. The normalized spacial score (nSPS) is 31.9. The van der Waals surface area contributed by atoms with Crippen LogP contribution in [-0.4, -0.2) is 20.5 Å². The molecule has 0 spiro atoms. The second-order valence-electron chi connectivity index (χ2n) is 6.43. The number of rotatable bonds is 3. The molecular formula is C14H24N2O. The number of nitrogens with zero attached hydrogens (tertiary/aromatic N) is 2. The molecule has 0 aromatic carbocycles. The molecule has 1 aliphatic carbocycles. The molecule has 96 valence electrons. The highest BCUT2D eigenvalue weighted by atomic mass is 16.3. The predicted molar refractivity (Wildman–Crippen MR) is 68.7 cm³/mol. The molecule has 0 radical (unpaired) electrons. The van der Waals surface area contributed by atoms with Crippen LogP contribution in [0.4, 0.5) is 0 Å². The van der Waals surface area contributed by atoms with Crippen LogP contribution in [0.3, 0.4) is 0 Å². The number of aryl methyl sites for hydroxylation is 1. The zero-order valence-corrected chi connectivity index (χ0v) is 11.4. The van der Waals surface area contributed by atoms with E-state index in [4.69, 9.17) is 0 Å². The van der Waals surface area contributed by atoms with E-state index in [-0.39, 0.29) is 5.41 Å². The first-order valence-electron chi connectivity index (χ1n) is 6.58. The molecule has 1 N–H and O–H groups in total. The van der Waals surface area contributed by atoms with Crippen molar-refractivity contribution < 1.29 is 5.11 Å². The summed E-state index contributed by atoms with van der Waals surface area (Å²) in [6.45, 7) is 9.62. The highest BCUT2D eigenvalue weighted by Crippen LogP contribution is 2.48. The Morgan fingerprint density at radius 3 is 2.71 bits per heavy atom. The van der Waals surface area contributed by atoms with Gasteiger partial charge < -0.3 is 5.11 Å². The Bertz CT molecular complexity index is 397. The van der Waals surface area contributed by atoms with E-state index in [1.807, 2.05) is 10.9 Å². The van der Waals surface area contributed by atoms with E-state index in [2.05, 4.69) is 39.0 Å². The van der Waals surface area contributed by atoms with E-state index in [1.54, 1.807) is 0 Å². The van der Waals surface area contributed by atoms with Crippen molar-refractivity contribution in [2.75, 3.05) is 0 Å². The zero-order valence-electron chi connectivity index (χ0n) is 11.4. The Morgan fingerprint density at radius 2 is 2.24 bits per heavy atom. The van der Waals surface area contributed by atoms with Crippen molar-refractivity contribution in [2.45, 2.75) is 59.1 Å². The van der Waals surface area contributed by atoms with E-state index < -0.39 is 5.60 Å². The molecule has 0 aliphatic heterocycles. The lowest BCUT2D eigenvalue weighted by atomic mass is 9.85. The van der Waals surface area contributed by atoms with Crippen molar-refractivity contribution in [1.29, 1.82) is 0 Å². The summed E-state index contributed by atoms with van der Waals surface area (Å²) in [5.41, 5.74) is 0.860. The van der Waals surface area contributed by atoms with Gasteiger partial charge in [-0.1, -0.05) is 20.8 Å². The molecule has 2 atom stereocenters. The minimum Gasteiger partial charge on any atom is -0.389 e. The van der Waals surface area contributed by atoms with E-state index in [0.717, 1.165) is 31.4 Å². The molecule has 1 aromatic rings. The monoisotopic (exact) mass is 236 g/mol. The van der Waals surface area contributed by atoms with Gasteiger partial charge >= 0.3 is 0 Å². The van der Waals surface area contributed by atoms with E-state index in [1.165, 1.54) is 0 Å². The molecule has 0 amide bonds. The fraction of sp³-hybridized carbons (Fsp3) is 0.786. The summed E-state index contributed by atoms with van der Waals surface area (Å²) in [5.74, 6) is 0.363. The summed E-state index contributed by atoms with van der Waals surface area (Å²) >= 11 is 0. The molecule has 17 heavy (non-hydrogen) atoms. The first-order chi connectivity index (χ1) is 7.85. The van der Waals surface area contributed by atoms with Gasteiger partial charge in [0.25, 0.3) is 0 Å². The quantitative estimate of drug-likeness (QED) is 0.876. The van der Waals surface area contributed by atoms with Crippen molar-refractivity contribution in [1.82, 2.24) is 9.78 Å². The van der Waals surface area contributed by atoms with Gasteiger partial charge in [-0.15, -0.1) is 0 Å². The summed E-state index contributed by atoms with van der Waals surface area (Å²) in [7, 11) is 0. The summed E-state index contributed by atoms with van der Waals surface area (Å²) in [4.78, 5) is 0. The van der Waals surface area contributed by atoms with Crippen LogP contribution in [0.25, 0.3) is 0 Å². The molecular weight excluding hydrogens is 212 g/mol. The Labute approximate surface area is 104 Å². The lowest BCUT2D eigenvalue weighted by Gasteiger charge is -2.28. The van der Waals surface area contributed by atoms with Gasteiger partial charge in [-0.3, -0.25) is 4.68 Å². The van der Waals surface area contributed by atoms with Crippen molar-refractivity contribution in [3.63, 3.8) is 0 Å². The fourth-order valence-corrected chi connectivity index (χ4v) is 3.35. The average Bonchev–Trinajstić information content (AvgIpc) is 2.70. The van der Waals surface area contributed by atoms with Crippen LogP contribution in [0.1, 0.15) is 46.1 Å². The molecule has 3 nitrogen and oxygen atoms in total. The SMILES string of the molecule is CCn1cc(CC2(O)CC(C)(C)CC2C)cn1. The van der Waals surface area contributed by atoms with Crippen LogP contribution in [0.15, 0.2) is 12.4 Å². The van der Waals surface area contributed by atoms with Gasteiger partial charge in [0.05, 0.1) is 11.8 Å². The standard InChI is InChI=1S/C14H24N2O/c1-5-16-9-12(8-15-16)7-14(17)10-13(3,4)6-11(14)2/h8-9,11,17H,5-7,10H2,1-4H3. The molecule has 1 aromatic heterocycles. The van der Waals surface area contributed by atoms with Crippen molar-refractivity contribution >= 4 is 0 Å². The second-order valence-corrected chi connectivity index (χ2v) is 6.43. The van der Waals surface area contributed by atoms with Crippen LogP contribution in [0.5, 0.6) is 0 Å². The van der Waals surface area contributed by atoms with Gasteiger partial charge in [-0.05, 0) is 36.7 Å². The van der Waals surface area contributed by atoms with Gasteiger partial charge in [0, 0.05) is 19.2 Å². The van der Waals surface area contributed by atoms with Gasteiger partial charge in [0.1, 0.15) is 0 Å². The maximum absolute atomic E-state index is 10.8.